The molecule has 2 aromatic rings. The Labute approximate surface area is 119 Å². The van der Waals surface area contributed by atoms with Crippen LogP contribution in [0.2, 0.25) is 0 Å². The van der Waals surface area contributed by atoms with Crippen molar-refractivity contribution in [2.45, 2.75) is 19.3 Å². The lowest BCUT2D eigenvalue weighted by Crippen LogP contribution is -2.10. The number of nitrogens with zero attached hydrogens (tertiary/aromatic N) is 2. The van der Waals surface area contributed by atoms with Gasteiger partial charge in [0.15, 0.2) is 5.82 Å². The first-order valence-electron chi connectivity index (χ1n) is 6.14. The van der Waals surface area contributed by atoms with Crippen molar-refractivity contribution in [3.05, 3.63) is 40.1 Å². The Morgan fingerprint density at radius 1 is 1.11 bits per heavy atom. The summed E-state index contributed by atoms with van der Waals surface area (Å²) in [5.74, 6) is 6.64. The minimum atomic E-state index is 0.554. The first-order chi connectivity index (χ1) is 9.28. The molecule has 3 rings (SSSR count). The Kier molecular flexibility index (Phi) is 3.35. The van der Waals surface area contributed by atoms with Crippen LogP contribution < -0.4 is 16.6 Å². The molecule has 1 aliphatic rings. The van der Waals surface area contributed by atoms with E-state index in [2.05, 4.69) is 54.8 Å². The Morgan fingerprint density at radius 3 is 2.74 bits per heavy atom. The number of hydrogen-bond acceptors (Lipinski definition) is 5. The molecule has 0 saturated carbocycles. The fourth-order valence-corrected chi connectivity index (χ4v) is 2.76. The zero-order chi connectivity index (χ0) is 13.2. The van der Waals surface area contributed by atoms with Gasteiger partial charge in [-0.15, -0.1) is 0 Å². The average Bonchev–Trinajstić information content (AvgIpc) is 2.88. The number of rotatable bonds is 3. The van der Waals surface area contributed by atoms with Gasteiger partial charge in [-0.1, -0.05) is 6.07 Å². The van der Waals surface area contributed by atoms with E-state index in [1.807, 2.05) is 0 Å². The van der Waals surface area contributed by atoms with Crippen LogP contribution in [-0.4, -0.2) is 9.97 Å². The van der Waals surface area contributed by atoms with E-state index in [0.717, 1.165) is 16.6 Å². The van der Waals surface area contributed by atoms with Crippen molar-refractivity contribution in [1.82, 2.24) is 9.97 Å². The van der Waals surface area contributed by atoms with Crippen molar-refractivity contribution in [2.24, 2.45) is 5.84 Å². The highest BCUT2D eigenvalue weighted by Crippen LogP contribution is 2.30. The van der Waals surface area contributed by atoms with Gasteiger partial charge in [-0.05, 0) is 58.5 Å². The molecule has 0 spiro atoms. The molecule has 98 valence electrons. The summed E-state index contributed by atoms with van der Waals surface area (Å²) in [5.41, 5.74) is 6.43. The summed E-state index contributed by atoms with van der Waals surface area (Å²) in [6.45, 7) is 0. The molecule has 1 heterocycles. The number of hydrogen-bond donors (Lipinski definition) is 3. The molecule has 0 unspecified atom stereocenters. The SMILES string of the molecule is NNc1ncnc(Nc2ccc3c(c2)CCC3)c1Br. The second-order valence-electron chi connectivity index (χ2n) is 4.49. The van der Waals surface area contributed by atoms with Crippen molar-refractivity contribution in [1.29, 1.82) is 0 Å². The van der Waals surface area contributed by atoms with Gasteiger partial charge in [0.05, 0.1) is 0 Å². The van der Waals surface area contributed by atoms with Gasteiger partial charge in [0.2, 0.25) is 0 Å². The van der Waals surface area contributed by atoms with Crippen LogP contribution in [-0.2, 0) is 12.8 Å². The minimum Gasteiger partial charge on any atom is -0.339 e. The van der Waals surface area contributed by atoms with Gasteiger partial charge in [-0.25, -0.2) is 15.8 Å². The van der Waals surface area contributed by atoms with E-state index in [-0.39, 0.29) is 0 Å². The van der Waals surface area contributed by atoms with Crippen LogP contribution in [0.5, 0.6) is 0 Å². The van der Waals surface area contributed by atoms with Gasteiger partial charge >= 0.3 is 0 Å². The van der Waals surface area contributed by atoms with E-state index in [1.54, 1.807) is 0 Å². The minimum absolute atomic E-state index is 0.554. The van der Waals surface area contributed by atoms with Gasteiger partial charge in [-0.3, -0.25) is 0 Å². The summed E-state index contributed by atoms with van der Waals surface area (Å²) in [7, 11) is 0. The number of hydrazine groups is 1. The largest absolute Gasteiger partial charge is 0.339 e. The molecular weight excluding hydrogens is 306 g/mol. The quantitative estimate of drug-likeness (QED) is 0.599. The number of nitrogen functional groups attached to an aromatic ring is 1. The number of aromatic nitrogens is 2. The summed E-state index contributed by atoms with van der Waals surface area (Å²) >= 11 is 3.43. The van der Waals surface area contributed by atoms with E-state index in [1.165, 1.54) is 30.3 Å². The van der Waals surface area contributed by atoms with Crippen molar-refractivity contribution in [2.75, 3.05) is 10.7 Å². The molecule has 0 fully saturated rings. The molecule has 19 heavy (non-hydrogen) atoms. The number of benzene rings is 1. The maximum Gasteiger partial charge on any atom is 0.159 e. The molecule has 0 atom stereocenters. The Bertz CT molecular complexity index is 614. The van der Waals surface area contributed by atoms with Crippen molar-refractivity contribution >= 4 is 33.3 Å². The average molecular weight is 320 g/mol. The summed E-state index contributed by atoms with van der Waals surface area (Å²) in [6, 6.07) is 6.45. The number of nitrogens with one attached hydrogen (secondary N) is 2. The third-order valence-corrected chi connectivity index (χ3v) is 4.04. The van der Waals surface area contributed by atoms with Crippen LogP contribution >= 0.6 is 15.9 Å². The van der Waals surface area contributed by atoms with Crippen molar-refractivity contribution < 1.29 is 0 Å². The lowest BCUT2D eigenvalue weighted by Gasteiger charge is -2.11. The van der Waals surface area contributed by atoms with Crippen LogP contribution in [0.1, 0.15) is 17.5 Å². The van der Waals surface area contributed by atoms with Crippen LogP contribution in [0.4, 0.5) is 17.3 Å². The van der Waals surface area contributed by atoms with E-state index < -0.39 is 0 Å². The fourth-order valence-electron chi connectivity index (χ4n) is 2.34. The molecule has 1 aliphatic carbocycles. The molecule has 0 saturated heterocycles. The summed E-state index contributed by atoms with van der Waals surface area (Å²) in [4.78, 5) is 8.23. The van der Waals surface area contributed by atoms with Crippen molar-refractivity contribution in [3.63, 3.8) is 0 Å². The van der Waals surface area contributed by atoms with Crippen molar-refractivity contribution in [3.8, 4) is 0 Å². The number of nitrogens with two attached hydrogens (primary N) is 1. The van der Waals surface area contributed by atoms with Crippen LogP contribution in [0, 0.1) is 0 Å². The van der Waals surface area contributed by atoms with Gasteiger partial charge < -0.3 is 10.7 Å². The van der Waals surface area contributed by atoms with Gasteiger partial charge in [-0.2, -0.15) is 0 Å². The normalized spacial score (nSPS) is 13.2. The third kappa shape index (κ3) is 2.41. The Balaban J connectivity index is 1.89. The van der Waals surface area contributed by atoms with E-state index >= 15 is 0 Å². The smallest absolute Gasteiger partial charge is 0.159 e. The van der Waals surface area contributed by atoms with Gasteiger partial charge in [0.25, 0.3) is 0 Å². The summed E-state index contributed by atoms with van der Waals surface area (Å²) < 4.78 is 0.720. The van der Waals surface area contributed by atoms with Crippen LogP contribution in [0.25, 0.3) is 0 Å². The maximum atomic E-state index is 5.39. The molecule has 0 amide bonds. The summed E-state index contributed by atoms with van der Waals surface area (Å²) in [6.07, 6.45) is 5.06. The number of halogens is 1. The van der Waals surface area contributed by atoms with Gasteiger partial charge in [0.1, 0.15) is 16.6 Å². The molecule has 6 heteroatoms. The highest BCUT2D eigenvalue weighted by molar-refractivity contribution is 9.10. The molecule has 1 aromatic carbocycles. The molecule has 0 aliphatic heterocycles. The highest BCUT2D eigenvalue weighted by atomic mass is 79.9. The van der Waals surface area contributed by atoms with Gasteiger partial charge in [0, 0.05) is 5.69 Å². The topological polar surface area (TPSA) is 75.9 Å². The zero-order valence-corrected chi connectivity index (χ0v) is 11.9. The Hall–Kier alpha value is -1.66. The molecule has 4 N–H and O–H groups in total. The predicted octanol–water partition coefficient (Wildman–Crippen LogP) is 2.76. The molecular formula is C13H14BrN5. The Morgan fingerprint density at radius 2 is 1.89 bits per heavy atom. The summed E-state index contributed by atoms with van der Waals surface area (Å²) in [5, 5.41) is 3.28. The molecule has 1 aromatic heterocycles. The highest BCUT2D eigenvalue weighted by Gasteiger charge is 2.12. The number of fused-ring (bicyclic) bond motifs is 1. The molecule has 0 radical (unpaired) electrons. The fraction of sp³-hybridized carbons (Fsp3) is 0.231. The number of aryl methyl sites for hydroxylation is 2. The standard InChI is InChI=1S/C13H14BrN5/c14-11-12(16-7-17-13(11)19-15)18-10-5-4-8-2-1-3-9(8)6-10/h4-7H,1-3,15H2,(H2,16,17,18,19). The lowest BCUT2D eigenvalue weighted by atomic mass is 10.1. The third-order valence-electron chi connectivity index (χ3n) is 3.29. The number of anilines is 3. The van der Waals surface area contributed by atoms with E-state index in [0.29, 0.717) is 11.6 Å². The maximum absolute atomic E-state index is 5.39. The lowest BCUT2D eigenvalue weighted by molar-refractivity contribution is 0.912. The zero-order valence-electron chi connectivity index (χ0n) is 10.3. The molecule has 0 bridgehead atoms. The van der Waals surface area contributed by atoms with Crippen LogP contribution in [0.15, 0.2) is 29.0 Å². The first-order valence-corrected chi connectivity index (χ1v) is 6.93. The second-order valence-corrected chi connectivity index (χ2v) is 5.28. The second kappa shape index (κ2) is 5.14. The van der Waals surface area contributed by atoms with E-state index in [4.69, 9.17) is 5.84 Å². The van der Waals surface area contributed by atoms with Crippen LogP contribution in [0.3, 0.4) is 0 Å². The van der Waals surface area contributed by atoms with E-state index in [9.17, 15) is 0 Å². The predicted molar refractivity (Wildman–Crippen MR) is 79.3 cm³/mol. The molecule has 5 nitrogen and oxygen atoms in total. The monoisotopic (exact) mass is 319 g/mol. The first kappa shape index (κ1) is 12.4.